The van der Waals surface area contributed by atoms with Gasteiger partial charge >= 0.3 is 6.03 Å². The third kappa shape index (κ3) is 5.12. The standard InChI is InChI=1S/C32H34N4O3/c1-5-39-29-15-9-6-11-25(29)33-32(38)35(22(2)3)21-30(37)36-27-13-8-7-12-26(27)34-20-10-14-28(34)31(36)24-18-16-23(4)17-19-24/h6-20,22,31H,5,21H2,1-4H3,(H,33,38). The highest BCUT2D eigenvalue weighted by Crippen LogP contribution is 2.42. The second-order valence-corrected chi connectivity index (χ2v) is 9.95. The SMILES string of the molecule is CCOc1ccccc1NC(=O)N(CC(=O)N1c2ccccc2-n2cccc2C1c1ccc(C)cc1)C(C)C. The van der Waals surface area contributed by atoms with Gasteiger partial charge in [0.05, 0.1) is 29.4 Å². The molecular weight excluding hydrogens is 488 g/mol. The van der Waals surface area contributed by atoms with E-state index in [2.05, 4.69) is 40.2 Å². The van der Waals surface area contributed by atoms with Crippen molar-refractivity contribution >= 4 is 23.3 Å². The molecule has 200 valence electrons. The maximum Gasteiger partial charge on any atom is 0.322 e. The van der Waals surface area contributed by atoms with Crippen LogP contribution in [0.1, 0.15) is 43.6 Å². The Balaban J connectivity index is 1.50. The quantitative estimate of drug-likeness (QED) is 0.299. The fourth-order valence-corrected chi connectivity index (χ4v) is 5.08. The van der Waals surface area contributed by atoms with E-state index in [-0.39, 0.29) is 30.6 Å². The van der Waals surface area contributed by atoms with Crippen LogP contribution >= 0.6 is 0 Å². The maximum atomic E-state index is 14.3. The summed E-state index contributed by atoms with van der Waals surface area (Å²) in [5, 5.41) is 2.95. The number of rotatable bonds is 7. The summed E-state index contributed by atoms with van der Waals surface area (Å²) >= 11 is 0. The topological polar surface area (TPSA) is 66.8 Å². The number of carbonyl (C=O) groups is 2. The number of carbonyl (C=O) groups excluding carboxylic acids is 2. The molecular formula is C32H34N4O3. The number of hydrogen-bond acceptors (Lipinski definition) is 3. The second kappa shape index (κ2) is 11.1. The Morgan fingerprint density at radius 3 is 2.33 bits per heavy atom. The Kier molecular flexibility index (Phi) is 7.41. The lowest BCUT2D eigenvalue weighted by molar-refractivity contribution is -0.119. The molecule has 0 fully saturated rings. The van der Waals surface area contributed by atoms with Gasteiger partial charge in [0.25, 0.3) is 0 Å². The minimum absolute atomic E-state index is 0.0856. The molecule has 1 aromatic heterocycles. The van der Waals surface area contributed by atoms with Crippen LogP contribution in [-0.2, 0) is 4.79 Å². The van der Waals surface area contributed by atoms with E-state index in [4.69, 9.17) is 4.74 Å². The van der Waals surface area contributed by atoms with Crippen LogP contribution in [0.15, 0.2) is 91.1 Å². The Hall–Kier alpha value is -4.52. The largest absolute Gasteiger partial charge is 0.492 e. The number of nitrogens with one attached hydrogen (secondary N) is 1. The molecule has 7 nitrogen and oxygen atoms in total. The van der Waals surface area contributed by atoms with Crippen molar-refractivity contribution in [2.45, 2.75) is 39.8 Å². The van der Waals surface area contributed by atoms with Gasteiger partial charge < -0.3 is 19.5 Å². The lowest BCUT2D eigenvalue weighted by atomic mass is 9.97. The second-order valence-electron chi connectivity index (χ2n) is 9.95. The lowest BCUT2D eigenvalue weighted by Gasteiger charge is -2.40. The highest BCUT2D eigenvalue weighted by Gasteiger charge is 2.37. The van der Waals surface area contributed by atoms with Crippen LogP contribution in [0.3, 0.4) is 0 Å². The first kappa shape index (κ1) is 26.1. The van der Waals surface area contributed by atoms with Crippen molar-refractivity contribution in [3.63, 3.8) is 0 Å². The van der Waals surface area contributed by atoms with Gasteiger partial charge in [-0.05, 0) is 69.7 Å². The van der Waals surface area contributed by atoms with Gasteiger partial charge in [0.1, 0.15) is 18.3 Å². The molecule has 5 rings (SSSR count). The number of fused-ring (bicyclic) bond motifs is 3. The predicted octanol–water partition coefficient (Wildman–Crippen LogP) is 6.56. The molecule has 3 amide bonds. The Bertz CT molecular complexity index is 1470. The van der Waals surface area contributed by atoms with Crippen molar-refractivity contribution in [2.24, 2.45) is 0 Å². The van der Waals surface area contributed by atoms with Crippen LogP contribution in [0.4, 0.5) is 16.2 Å². The van der Waals surface area contributed by atoms with Crippen LogP contribution < -0.4 is 15.0 Å². The molecule has 1 N–H and O–H groups in total. The molecule has 0 bridgehead atoms. The number of anilines is 2. The molecule has 1 aliphatic rings. The zero-order chi connectivity index (χ0) is 27.5. The summed E-state index contributed by atoms with van der Waals surface area (Å²) in [6.07, 6.45) is 2.03. The normalized spacial score (nSPS) is 14.0. The minimum Gasteiger partial charge on any atom is -0.492 e. The molecule has 39 heavy (non-hydrogen) atoms. The van der Waals surface area contributed by atoms with Gasteiger partial charge in [-0.1, -0.05) is 54.1 Å². The average molecular weight is 523 g/mol. The van der Waals surface area contributed by atoms with Gasteiger partial charge in [-0.2, -0.15) is 0 Å². The van der Waals surface area contributed by atoms with Crippen molar-refractivity contribution < 1.29 is 14.3 Å². The van der Waals surface area contributed by atoms with Gasteiger partial charge in [0.15, 0.2) is 0 Å². The van der Waals surface area contributed by atoms with Crippen molar-refractivity contribution in [1.82, 2.24) is 9.47 Å². The third-order valence-corrected chi connectivity index (χ3v) is 7.00. The Labute approximate surface area is 229 Å². The molecule has 1 atom stereocenters. The number of urea groups is 1. The van der Waals surface area contributed by atoms with Crippen LogP contribution in [0.2, 0.25) is 0 Å². The van der Waals surface area contributed by atoms with E-state index in [1.807, 2.05) is 87.3 Å². The number of aromatic nitrogens is 1. The van der Waals surface area contributed by atoms with Gasteiger partial charge in [0, 0.05) is 12.2 Å². The van der Waals surface area contributed by atoms with Crippen molar-refractivity contribution in [1.29, 1.82) is 0 Å². The number of ether oxygens (including phenoxy) is 1. The monoisotopic (exact) mass is 522 g/mol. The van der Waals surface area contributed by atoms with Gasteiger partial charge in [0.2, 0.25) is 5.91 Å². The first-order valence-electron chi connectivity index (χ1n) is 13.3. The number of hydrogen-bond donors (Lipinski definition) is 1. The summed E-state index contributed by atoms with van der Waals surface area (Å²) < 4.78 is 7.82. The van der Waals surface area contributed by atoms with E-state index < -0.39 is 0 Å². The zero-order valence-electron chi connectivity index (χ0n) is 22.8. The molecule has 2 heterocycles. The molecule has 0 aliphatic carbocycles. The highest BCUT2D eigenvalue weighted by atomic mass is 16.5. The molecule has 7 heteroatoms. The lowest BCUT2D eigenvalue weighted by Crippen LogP contribution is -2.49. The van der Waals surface area contributed by atoms with Crippen molar-refractivity contribution in [3.8, 4) is 11.4 Å². The molecule has 1 unspecified atom stereocenters. The Morgan fingerprint density at radius 2 is 1.62 bits per heavy atom. The summed E-state index contributed by atoms with van der Waals surface area (Å²) in [4.78, 5) is 31.2. The van der Waals surface area contributed by atoms with E-state index in [1.54, 1.807) is 11.0 Å². The number of benzene rings is 3. The fraction of sp³-hybridized carbons (Fsp3) is 0.250. The number of nitrogens with zero attached hydrogens (tertiary/aromatic N) is 3. The maximum absolute atomic E-state index is 14.3. The van der Waals surface area contributed by atoms with Gasteiger partial charge in [-0.25, -0.2) is 4.79 Å². The predicted molar refractivity (Wildman–Crippen MR) is 155 cm³/mol. The summed E-state index contributed by atoms with van der Waals surface area (Å²) in [5.41, 5.74) is 5.47. The molecule has 0 saturated carbocycles. The van der Waals surface area contributed by atoms with E-state index >= 15 is 0 Å². The average Bonchev–Trinajstić information content (AvgIpc) is 3.42. The highest BCUT2D eigenvalue weighted by molar-refractivity contribution is 6.01. The first-order chi connectivity index (χ1) is 18.9. The van der Waals surface area contributed by atoms with Crippen LogP contribution in [0.25, 0.3) is 5.69 Å². The molecule has 4 aromatic rings. The number of para-hydroxylation sites is 4. The van der Waals surface area contributed by atoms with Crippen LogP contribution in [0.5, 0.6) is 5.75 Å². The summed E-state index contributed by atoms with van der Waals surface area (Å²) in [5.74, 6) is 0.427. The van der Waals surface area contributed by atoms with E-state index in [0.29, 0.717) is 18.0 Å². The summed E-state index contributed by atoms with van der Waals surface area (Å²) in [7, 11) is 0. The van der Waals surface area contributed by atoms with E-state index in [9.17, 15) is 9.59 Å². The van der Waals surface area contributed by atoms with E-state index in [0.717, 1.165) is 28.2 Å². The number of aryl methyl sites for hydroxylation is 1. The molecule has 0 radical (unpaired) electrons. The summed E-state index contributed by atoms with van der Waals surface area (Å²) in [6.45, 7) is 8.17. The fourth-order valence-electron chi connectivity index (χ4n) is 5.08. The molecule has 1 aliphatic heterocycles. The first-order valence-corrected chi connectivity index (χ1v) is 13.3. The van der Waals surface area contributed by atoms with Crippen molar-refractivity contribution in [2.75, 3.05) is 23.4 Å². The van der Waals surface area contributed by atoms with E-state index in [1.165, 1.54) is 0 Å². The number of amides is 3. The van der Waals surface area contributed by atoms with Gasteiger partial charge in [-0.3, -0.25) is 9.69 Å². The minimum atomic E-state index is -0.356. The zero-order valence-corrected chi connectivity index (χ0v) is 22.8. The molecule has 0 saturated heterocycles. The summed E-state index contributed by atoms with van der Waals surface area (Å²) in [6, 6.07) is 26.6. The van der Waals surface area contributed by atoms with Gasteiger partial charge in [-0.15, -0.1) is 0 Å². The smallest absolute Gasteiger partial charge is 0.322 e. The van der Waals surface area contributed by atoms with Crippen molar-refractivity contribution in [3.05, 3.63) is 108 Å². The molecule has 3 aromatic carbocycles. The third-order valence-electron chi connectivity index (χ3n) is 7.00. The van der Waals surface area contributed by atoms with Crippen LogP contribution in [0, 0.1) is 6.92 Å². The Morgan fingerprint density at radius 1 is 0.923 bits per heavy atom. The van der Waals surface area contributed by atoms with Crippen LogP contribution in [-0.4, -0.2) is 40.6 Å². The molecule has 0 spiro atoms.